The molecule has 6 rings (SSSR count). The molecular weight excluding hydrogens is 384 g/mol. The highest BCUT2D eigenvalue weighted by Crippen LogP contribution is 2.34. The number of piperidine rings is 1. The fraction of sp³-hybridized carbons (Fsp3) is 0.370. The van der Waals surface area contributed by atoms with Gasteiger partial charge in [-0.25, -0.2) is 4.79 Å². The Bertz CT molecular complexity index is 1180. The monoisotopic (exact) mass is 412 g/mol. The second-order valence-corrected chi connectivity index (χ2v) is 9.11. The van der Waals surface area contributed by atoms with E-state index in [-0.39, 0.29) is 6.09 Å². The number of nitrogens with zero attached hydrogens (tertiary/aromatic N) is 2. The van der Waals surface area contributed by atoms with Crippen LogP contribution >= 0.6 is 0 Å². The lowest BCUT2D eigenvalue weighted by Crippen LogP contribution is -2.46. The molecule has 0 N–H and O–H groups in total. The Kier molecular flexibility index (Phi) is 4.68. The van der Waals surface area contributed by atoms with Crippen molar-refractivity contribution in [2.24, 2.45) is 0 Å². The molecule has 2 heterocycles. The van der Waals surface area contributed by atoms with Crippen LogP contribution in [0, 0.1) is 0 Å². The zero-order valence-electron chi connectivity index (χ0n) is 17.8. The van der Waals surface area contributed by atoms with Crippen LogP contribution < -0.4 is 4.74 Å². The summed E-state index contributed by atoms with van der Waals surface area (Å²) in [4.78, 5) is 17.2. The molecule has 2 aliphatic heterocycles. The number of ether oxygens (including phenoxy) is 1. The second-order valence-electron chi connectivity index (χ2n) is 9.11. The van der Waals surface area contributed by atoms with Gasteiger partial charge in [0.1, 0.15) is 5.75 Å². The largest absolute Gasteiger partial charge is 0.415 e. The van der Waals surface area contributed by atoms with Gasteiger partial charge in [-0.05, 0) is 90.0 Å². The molecule has 3 aliphatic rings. The number of fused-ring (bicyclic) bond motifs is 5. The van der Waals surface area contributed by atoms with Gasteiger partial charge in [0.05, 0.1) is 0 Å². The number of rotatable bonds is 2. The number of hydrogen-bond donors (Lipinski definition) is 0. The zero-order chi connectivity index (χ0) is 20.8. The van der Waals surface area contributed by atoms with Crippen LogP contribution in [0.2, 0.25) is 0 Å². The standard InChI is InChI=1S/C27H28N2O2/c30-27(29-16-12-21(13-17-29)28-14-1-2-15-28)31-22-8-11-24-20(18-22)7-10-25-23-5-3-4-19(23)6-9-26(24)25/h3-4,6-11,18,21H,1-2,5,12-17H2. The summed E-state index contributed by atoms with van der Waals surface area (Å²) in [5.41, 5.74) is 2.73. The van der Waals surface area contributed by atoms with Crippen molar-refractivity contribution in [2.45, 2.75) is 38.1 Å². The SMILES string of the molecule is O=C(Oc1ccc2c(ccc3c4c(ccc32)C=CC4)c1)N1CCC(N2CCCC2)CC1. The van der Waals surface area contributed by atoms with Gasteiger partial charge in [-0.15, -0.1) is 0 Å². The number of carbonyl (C=O) groups is 1. The molecule has 0 atom stereocenters. The molecular formula is C27H28N2O2. The van der Waals surface area contributed by atoms with Crippen molar-refractivity contribution in [3.8, 4) is 5.75 Å². The number of benzene rings is 3. The first kappa shape index (κ1) is 18.9. The molecule has 4 nitrogen and oxygen atoms in total. The van der Waals surface area contributed by atoms with Crippen LogP contribution in [-0.4, -0.2) is 48.1 Å². The minimum atomic E-state index is -0.219. The summed E-state index contributed by atoms with van der Waals surface area (Å²) < 4.78 is 5.77. The Morgan fingerprint density at radius 1 is 0.871 bits per heavy atom. The highest BCUT2D eigenvalue weighted by Gasteiger charge is 2.29. The fourth-order valence-electron chi connectivity index (χ4n) is 5.64. The number of carbonyl (C=O) groups excluding carboxylic acids is 1. The van der Waals surface area contributed by atoms with Gasteiger partial charge in [-0.3, -0.25) is 0 Å². The molecule has 1 amide bonds. The topological polar surface area (TPSA) is 32.8 Å². The predicted octanol–water partition coefficient (Wildman–Crippen LogP) is 5.62. The molecule has 0 aromatic heterocycles. The Morgan fingerprint density at radius 2 is 1.65 bits per heavy atom. The van der Waals surface area contributed by atoms with Gasteiger partial charge in [0, 0.05) is 19.1 Å². The van der Waals surface area contributed by atoms with E-state index in [1.807, 2.05) is 17.0 Å². The molecule has 0 radical (unpaired) electrons. The van der Waals surface area contributed by atoms with Crippen molar-refractivity contribution < 1.29 is 9.53 Å². The van der Waals surface area contributed by atoms with E-state index in [0.717, 1.165) is 37.7 Å². The Labute approximate surface area is 183 Å². The van der Waals surface area contributed by atoms with Gasteiger partial charge >= 0.3 is 6.09 Å². The first-order valence-electron chi connectivity index (χ1n) is 11.6. The van der Waals surface area contributed by atoms with Crippen LogP contribution in [0.5, 0.6) is 5.75 Å². The number of likely N-dealkylation sites (tertiary alicyclic amines) is 2. The van der Waals surface area contributed by atoms with Crippen LogP contribution in [0.4, 0.5) is 4.79 Å². The van der Waals surface area contributed by atoms with E-state index in [2.05, 4.69) is 47.4 Å². The highest BCUT2D eigenvalue weighted by molar-refractivity contribution is 6.09. The number of allylic oxidation sites excluding steroid dienone is 1. The molecule has 2 fully saturated rings. The molecule has 31 heavy (non-hydrogen) atoms. The van der Waals surface area contributed by atoms with Crippen LogP contribution in [0.25, 0.3) is 27.6 Å². The Hall–Kier alpha value is -2.85. The average molecular weight is 413 g/mol. The summed E-state index contributed by atoms with van der Waals surface area (Å²) in [6.45, 7) is 4.02. The minimum absolute atomic E-state index is 0.219. The van der Waals surface area contributed by atoms with Gasteiger partial charge in [0.25, 0.3) is 0 Å². The van der Waals surface area contributed by atoms with Crippen LogP contribution in [0.1, 0.15) is 36.8 Å². The van der Waals surface area contributed by atoms with Crippen molar-refractivity contribution in [1.29, 1.82) is 0 Å². The van der Waals surface area contributed by atoms with Gasteiger partial charge in [-0.2, -0.15) is 0 Å². The van der Waals surface area contributed by atoms with E-state index in [4.69, 9.17) is 4.74 Å². The normalized spacial score (nSPS) is 19.4. The fourth-order valence-corrected chi connectivity index (χ4v) is 5.64. The van der Waals surface area contributed by atoms with Crippen molar-refractivity contribution in [3.63, 3.8) is 0 Å². The maximum absolute atomic E-state index is 12.8. The van der Waals surface area contributed by atoms with E-state index in [9.17, 15) is 4.79 Å². The van der Waals surface area contributed by atoms with Gasteiger partial charge in [0.2, 0.25) is 0 Å². The van der Waals surface area contributed by atoms with E-state index in [1.54, 1.807) is 0 Å². The van der Waals surface area contributed by atoms with E-state index < -0.39 is 0 Å². The summed E-state index contributed by atoms with van der Waals surface area (Å²) in [7, 11) is 0. The van der Waals surface area contributed by atoms with Crippen molar-refractivity contribution >= 4 is 33.7 Å². The molecule has 0 bridgehead atoms. The van der Waals surface area contributed by atoms with E-state index >= 15 is 0 Å². The first-order chi connectivity index (χ1) is 15.3. The molecule has 3 aromatic carbocycles. The molecule has 2 saturated heterocycles. The summed E-state index contributed by atoms with van der Waals surface area (Å²) in [6, 6.07) is 15.4. The maximum Gasteiger partial charge on any atom is 0.415 e. The van der Waals surface area contributed by atoms with Crippen LogP contribution in [-0.2, 0) is 6.42 Å². The Balaban J connectivity index is 1.18. The second kappa shape index (κ2) is 7.69. The van der Waals surface area contributed by atoms with Crippen LogP contribution in [0.3, 0.4) is 0 Å². The highest BCUT2D eigenvalue weighted by atomic mass is 16.6. The van der Waals surface area contributed by atoms with E-state index in [0.29, 0.717) is 11.8 Å². The maximum atomic E-state index is 12.8. The van der Waals surface area contributed by atoms with Crippen LogP contribution in [0.15, 0.2) is 48.5 Å². The van der Waals surface area contributed by atoms with E-state index in [1.165, 1.54) is 53.2 Å². The smallest absolute Gasteiger partial charge is 0.410 e. The summed E-state index contributed by atoms with van der Waals surface area (Å²) >= 11 is 0. The molecule has 0 spiro atoms. The van der Waals surface area contributed by atoms with Crippen molar-refractivity contribution in [1.82, 2.24) is 9.80 Å². The number of amides is 1. The van der Waals surface area contributed by atoms with Gasteiger partial charge in [0.15, 0.2) is 0 Å². The van der Waals surface area contributed by atoms with Gasteiger partial charge in [-0.1, -0.05) is 42.5 Å². The van der Waals surface area contributed by atoms with Gasteiger partial charge < -0.3 is 14.5 Å². The molecule has 1 aliphatic carbocycles. The molecule has 4 heteroatoms. The quantitative estimate of drug-likeness (QED) is 0.512. The minimum Gasteiger partial charge on any atom is -0.410 e. The lowest BCUT2D eigenvalue weighted by molar-refractivity contribution is 0.109. The summed E-state index contributed by atoms with van der Waals surface area (Å²) in [6.07, 6.45) is 9.96. The third kappa shape index (κ3) is 3.39. The lowest BCUT2D eigenvalue weighted by Gasteiger charge is -2.36. The number of hydrogen-bond acceptors (Lipinski definition) is 3. The summed E-state index contributed by atoms with van der Waals surface area (Å²) in [5.74, 6) is 0.626. The van der Waals surface area contributed by atoms with Crippen molar-refractivity contribution in [3.05, 3.63) is 59.7 Å². The average Bonchev–Trinajstić information content (AvgIpc) is 3.51. The third-order valence-corrected chi connectivity index (χ3v) is 7.34. The predicted molar refractivity (Wildman–Crippen MR) is 126 cm³/mol. The summed E-state index contributed by atoms with van der Waals surface area (Å²) in [5, 5.41) is 4.90. The Morgan fingerprint density at radius 3 is 2.48 bits per heavy atom. The third-order valence-electron chi connectivity index (χ3n) is 7.34. The zero-order valence-corrected chi connectivity index (χ0v) is 17.8. The van der Waals surface area contributed by atoms with Crippen molar-refractivity contribution in [2.75, 3.05) is 26.2 Å². The molecule has 0 unspecified atom stereocenters. The molecule has 3 aromatic rings. The first-order valence-corrected chi connectivity index (χ1v) is 11.6. The molecule has 0 saturated carbocycles. The molecule has 158 valence electrons. The lowest BCUT2D eigenvalue weighted by atomic mass is 9.96.